The van der Waals surface area contributed by atoms with Gasteiger partial charge in [0.2, 0.25) is 0 Å². The van der Waals surface area contributed by atoms with Crippen molar-refractivity contribution in [3.05, 3.63) is 67.8 Å². The molecule has 1 N–H and O–H groups in total. The van der Waals surface area contributed by atoms with E-state index in [4.69, 9.17) is 11.6 Å². The molecule has 2 aromatic carbocycles. The molecule has 0 unspecified atom stereocenters. The zero-order valence-electron chi connectivity index (χ0n) is 14.2. The number of thiophene rings is 1. The molecule has 2 aromatic heterocycles. The van der Waals surface area contributed by atoms with Gasteiger partial charge in [-0.3, -0.25) is 0 Å². The molecule has 130 valence electrons. The van der Waals surface area contributed by atoms with Crippen LogP contribution in [0.3, 0.4) is 0 Å². The smallest absolute Gasteiger partial charge is 0.143 e. The van der Waals surface area contributed by atoms with Gasteiger partial charge in [0.25, 0.3) is 0 Å². The SMILES string of the molecule is Cc1cc(I)ccc1Nc1ncnc2sc(C)c(-c3ccc(Cl)cc3)c12. The highest BCUT2D eigenvalue weighted by molar-refractivity contribution is 14.1. The number of hydrogen-bond donors (Lipinski definition) is 1. The number of nitrogens with one attached hydrogen (secondary N) is 1. The van der Waals surface area contributed by atoms with Crippen LogP contribution >= 0.6 is 45.5 Å². The minimum atomic E-state index is 0.732. The largest absolute Gasteiger partial charge is 0.339 e. The van der Waals surface area contributed by atoms with E-state index in [9.17, 15) is 0 Å². The first-order valence-electron chi connectivity index (χ1n) is 8.06. The van der Waals surface area contributed by atoms with Gasteiger partial charge in [-0.25, -0.2) is 9.97 Å². The lowest BCUT2D eigenvalue weighted by Crippen LogP contribution is -1.98. The van der Waals surface area contributed by atoms with Crippen molar-refractivity contribution < 1.29 is 0 Å². The van der Waals surface area contributed by atoms with Crippen LogP contribution in [0, 0.1) is 17.4 Å². The number of hydrogen-bond acceptors (Lipinski definition) is 4. The first-order chi connectivity index (χ1) is 12.5. The molecule has 0 fully saturated rings. The molecule has 0 aliphatic carbocycles. The Labute approximate surface area is 174 Å². The van der Waals surface area contributed by atoms with E-state index in [0.29, 0.717) is 0 Å². The van der Waals surface area contributed by atoms with Crippen molar-refractivity contribution in [1.29, 1.82) is 0 Å². The van der Waals surface area contributed by atoms with Gasteiger partial charge in [0.1, 0.15) is 17.0 Å². The second kappa shape index (κ2) is 7.13. The maximum atomic E-state index is 6.06. The van der Waals surface area contributed by atoms with Gasteiger partial charge in [-0.1, -0.05) is 23.7 Å². The number of anilines is 2. The Morgan fingerprint density at radius 2 is 1.81 bits per heavy atom. The molecule has 0 saturated heterocycles. The summed E-state index contributed by atoms with van der Waals surface area (Å²) in [6, 6.07) is 14.3. The Morgan fingerprint density at radius 3 is 2.54 bits per heavy atom. The van der Waals surface area contributed by atoms with E-state index in [2.05, 4.69) is 69.9 Å². The normalized spacial score (nSPS) is 11.1. The van der Waals surface area contributed by atoms with Crippen molar-refractivity contribution in [2.75, 3.05) is 5.32 Å². The molecule has 6 heteroatoms. The average molecular weight is 492 g/mol. The number of aromatic nitrogens is 2. The highest BCUT2D eigenvalue weighted by atomic mass is 127. The molecular weight excluding hydrogens is 477 g/mol. The van der Waals surface area contributed by atoms with Gasteiger partial charge in [-0.05, 0) is 77.9 Å². The monoisotopic (exact) mass is 491 g/mol. The molecule has 0 aliphatic heterocycles. The summed E-state index contributed by atoms with van der Waals surface area (Å²) in [5.41, 5.74) is 4.52. The lowest BCUT2D eigenvalue weighted by atomic mass is 10.0. The van der Waals surface area contributed by atoms with Crippen molar-refractivity contribution in [1.82, 2.24) is 9.97 Å². The number of fused-ring (bicyclic) bond motifs is 1. The quantitative estimate of drug-likeness (QED) is 0.314. The molecule has 26 heavy (non-hydrogen) atoms. The van der Waals surface area contributed by atoms with E-state index in [1.807, 2.05) is 24.3 Å². The van der Waals surface area contributed by atoms with Crippen LogP contribution in [0.2, 0.25) is 5.02 Å². The van der Waals surface area contributed by atoms with Crippen molar-refractivity contribution >= 4 is 67.3 Å². The number of nitrogens with zero attached hydrogens (tertiary/aromatic N) is 2. The second-order valence-electron chi connectivity index (χ2n) is 6.03. The number of rotatable bonds is 3. The predicted octanol–water partition coefficient (Wildman–Crippen LogP) is 6.98. The molecule has 0 bridgehead atoms. The van der Waals surface area contributed by atoms with Crippen LogP contribution in [-0.2, 0) is 0 Å². The lowest BCUT2D eigenvalue weighted by molar-refractivity contribution is 1.22. The highest BCUT2D eigenvalue weighted by Crippen LogP contribution is 2.41. The van der Waals surface area contributed by atoms with Gasteiger partial charge >= 0.3 is 0 Å². The summed E-state index contributed by atoms with van der Waals surface area (Å²) in [4.78, 5) is 11.2. The highest BCUT2D eigenvalue weighted by Gasteiger charge is 2.17. The third kappa shape index (κ3) is 3.31. The summed E-state index contributed by atoms with van der Waals surface area (Å²) in [6.07, 6.45) is 1.62. The Kier molecular flexibility index (Phi) is 4.86. The summed E-state index contributed by atoms with van der Waals surface area (Å²) in [7, 11) is 0. The first-order valence-corrected chi connectivity index (χ1v) is 10.3. The summed E-state index contributed by atoms with van der Waals surface area (Å²) < 4.78 is 1.21. The van der Waals surface area contributed by atoms with Gasteiger partial charge in [-0.2, -0.15) is 0 Å². The third-order valence-electron chi connectivity index (χ3n) is 4.24. The van der Waals surface area contributed by atoms with Crippen LogP contribution in [0.4, 0.5) is 11.5 Å². The molecule has 4 rings (SSSR count). The van der Waals surface area contributed by atoms with E-state index in [0.717, 1.165) is 37.9 Å². The number of benzene rings is 2. The van der Waals surface area contributed by atoms with Crippen molar-refractivity contribution in [3.8, 4) is 11.1 Å². The van der Waals surface area contributed by atoms with Crippen LogP contribution in [0.5, 0.6) is 0 Å². The van der Waals surface area contributed by atoms with Gasteiger partial charge in [0.05, 0.1) is 5.39 Å². The van der Waals surface area contributed by atoms with Gasteiger partial charge < -0.3 is 5.32 Å². The Balaban J connectivity index is 1.89. The van der Waals surface area contributed by atoms with E-state index in [-0.39, 0.29) is 0 Å². The minimum Gasteiger partial charge on any atom is -0.339 e. The van der Waals surface area contributed by atoms with Crippen molar-refractivity contribution in [2.45, 2.75) is 13.8 Å². The van der Waals surface area contributed by atoms with Gasteiger partial charge in [-0.15, -0.1) is 11.3 Å². The lowest BCUT2D eigenvalue weighted by Gasteiger charge is -2.11. The summed E-state index contributed by atoms with van der Waals surface area (Å²) in [5, 5.41) is 5.29. The fourth-order valence-electron chi connectivity index (χ4n) is 3.00. The fourth-order valence-corrected chi connectivity index (χ4v) is 4.78. The van der Waals surface area contributed by atoms with Gasteiger partial charge in [0, 0.05) is 24.7 Å². The van der Waals surface area contributed by atoms with Gasteiger partial charge in [0.15, 0.2) is 0 Å². The molecular formula is C20H15ClIN3S. The standard InChI is InChI=1S/C20H15ClIN3S/c1-11-9-15(22)7-8-16(11)25-19-18-17(13-3-5-14(21)6-4-13)12(2)26-20(18)24-10-23-19/h3-10H,1-2H3,(H,23,24,25). The molecule has 0 spiro atoms. The van der Waals surface area contributed by atoms with Crippen molar-refractivity contribution in [2.24, 2.45) is 0 Å². The summed E-state index contributed by atoms with van der Waals surface area (Å²) >= 11 is 10.1. The zero-order valence-corrected chi connectivity index (χ0v) is 17.9. The topological polar surface area (TPSA) is 37.8 Å². The number of aryl methyl sites for hydroxylation is 2. The first kappa shape index (κ1) is 17.7. The molecule has 0 saturated carbocycles. The summed E-state index contributed by atoms with van der Waals surface area (Å²) in [6.45, 7) is 4.22. The van der Waals surface area contributed by atoms with E-state index in [1.54, 1.807) is 17.7 Å². The fraction of sp³-hybridized carbons (Fsp3) is 0.100. The third-order valence-corrected chi connectivity index (χ3v) is 6.17. The Bertz CT molecular complexity index is 1110. The molecule has 0 aliphatic rings. The van der Waals surface area contributed by atoms with Crippen LogP contribution in [0.1, 0.15) is 10.4 Å². The second-order valence-corrected chi connectivity index (χ2v) is 8.91. The van der Waals surface area contributed by atoms with Crippen LogP contribution in [0.15, 0.2) is 48.8 Å². The maximum absolute atomic E-state index is 6.06. The molecule has 3 nitrogen and oxygen atoms in total. The predicted molar refractivity (Wildman–Crippen MR) is 120 cm³/mol. The molecule has 4 aromatic rings. The van der Waals surface area contributed by atoms with E-state index in [1.165, 1.54) is 14.0 Å². The molecule has 0 radical (unpaired) electrons. The minimum absolute atomic E-state index is 0.732. The number of halogens is 2. The van der Waals surface area contributed by atoms with Crippen molar-refractivity contribution in [3.63, 3.8) is 0 Å². The van der Waals surface area contributed by atoms with Crippen LogP contribution < -0.4 is 5.32 Å². The Hall–Kier alpha value is -1.70. The Morgan fingerprint density at radius 1 is 1.04 bits per heavy atom. The molecule has 0 amide bonds. The van der Waals surface area contributed by atoms with Crippen LogP contribution in [0.25, 0.3) is 21.3 Å². The summed E-state index contributed by atoms with van der Waals surface area (Å²) in [5.74, 6) is 0.827. The van der Waals surface area contributed by atoms with E-state index < -0.39 is 0 Å². The average Bonchev–Trinajstić information content (AvgIpc) is 2.95. The maximum Gasteiger partial charge on any atom is 0.143 e. The zero-order chi connectivity index (χ0) is 18.3. The molecule has 2 heterocycles. The van der Waals surface area contributed by atoms with E-state index >= 15 is 0 Å². The van der Waals surface area contributed by atoms with Crippen LogP contribution in [-0.4, -0.2) is 9.97 Å². The molecule has 0 atom stereocenters.